The molecule has 0 saturated heterocycles. The molecule has 1 unspecified atom stereocenters. The van der Waals surface area contributed by atoms with E-state index in [1.807, 2.05) is 30.3 Å². The number of allylic oxidation sites excluding steroid dienone is 1. The monoisotopic (exact) mass is 218 g/mol. The fourth-order valence-corrected chi connectivity index (χ4v) is 1.90. The Morgan fingerprint density at radius 2 is 2.06 bits per heavy atom. The highest BCUT2D eigenvalue weighted by Gasteiger charge is 2.24. The normalized spacial score (nSPS) is 19.1. The molecule has 16 heavy (non-hydrogen) atoms. The molecule has 0 amide bonds. The number of benzene rings is 1. The minimum Gasteiger partial charge on any atom is -0.438 e. The van der Waals surface area contributed by atoms with Crippen molar-refractivity contribution < 1.29 is 14.3 Å². The van der Waals surface area contributed by atoms with Gasteiger partial charge in [-0.2, -0.15) is 0 Å². The molecule has 0 heterocycles. The van der Waals surface area contributed by atoms with Gasteiger partial charge in [-0.15, -0.1) is 0 Å². The molecule has 0 bridgehead atoms. The van der Waals surface area contributed by atoms with E-state index in [1.165, 1.54) is 7.11 Å². The van der Waals surface area contributed by atoms with Crippen LogP contribution in [0.2, 0.25) is 0 Å². The van der Waals surface area contributed by atoms with Crippen molar-refractivity contribution in [3.05, 3.63) is 42.0 Å². The van der Waals surface area contributed by atoms with E-state index in [0.29, 0.717) is 0 Å². The molecule has 1 aromatic carbocycles. The molecule has 3 nitrogen and oxygen atoms in total. The average Bonchev–Trinajstić information content (AvgIpc) is 2.78. The van der Waals surface area contributed by atoms with Crippen molar-refractivity contribution >= 4 is 11.7 Å². The minimum atomic E-state index is -0.617. The number of ether oxygens (including phenoxy) is 2. The molecule has 0 aromatic heterocycles. The van der Waals surface area contributed by atoms with E-state index in [2.05, 4.69) is 10.8 Å². The van der Waals surface area contributed by atoms with Crippen molar-refractivity contribution in [2.45, 2.75) is 18.9 Å². The quantitative estimate of drug-likeness (QED) is 0.716. The maximum absolute atomic E-state index is 11.1. The summed E-state index contributed by atoms with van der Waals surface area (Å²) in [6, 6.07) is 9.96. The van der Waals surface area contributed by atoms with Gasteiger partial charge in [-0.1, -0.05) is 36.4 Å². The molecule has 1 aliphatic rings. The lowest BCUT2D eigenvalue weighted by atomic mass is 10.0. The third kappa shape index (κ3) is 2.24. The van der Waals surface area contributed by atoms with Crippen LogP contribution in [0, 0.1) is 0 Å². The summed E-state index contributed by atoms with van der Waals surface area (Å²) in [6.45, 7) is 0. The number of rotatable bonds is 2. The largest absolute Gasteiger partial charge is 0.508 e. The van der Waals surface area contributed by atoms with Crippen molar-refractivity contribution in [2.75, 3.05) is 7.11 Å². The van der Waals surface area contributed by atoms with Crippen LogP contribution in [-0.2, 0) is 9.47 Å². The predicted octanol–water partition coefficient (Wildman–Crippen LogP) is 3.02. The first-order valence-electron chi connectivity index (χ1n) is 5.31. The lowest BCUT2D eigenvalue weighted by Gasteiger charge is -2.15. The molecule has 0 spiro atoms. The molecule has 2 rings (SSSR count). The summed E-state index contributed by atoms with van der Waals surface area (Å²) < 4.78 is 9.71. The standard InChI is InChI=1S/C13H14O3/c1-15-13(14)16-12-9-5-8-11(12)10-6-3-2-4-7-10/h2-4,6-8,12H,5,9H2,1H3. The molecular formula is C13H14O3. The van der Waals surface area contributed by atoms with E-state index in [4.69, 9.17) is 4.74 Å². The topological polar surface area (TPSA) is 35.5 Å². The highest BCUT2D eigenvalue weighted by atomic mass is 16.7. The lowest BCUT2D eigenvalue weighted by molar-refractivity contribution is 0.0552. The number of carbonyl (C=O) groups excluding carboxylic acids is 1. The van der Waals surface area contributed by atoms with Gasteiger partial charge in [-0.05, 0) is 24.0 Å². The van der Waals surface area contributed by atoms with Crippen molar-refractivity contribution in [2.24, 2.45) is 0 Å². The van der Waals surface area contributed by atoms with Crippen LogP contribution in [0.5, 0.6) is 0 Å². The Kier molecular flexibility index (Phi) is 3.25. The maximum atomic E-state index is 11.1. The molecule has 1 atom stereocenters. The smallest absolute Gasteiger partial charge is 0.438 e. The third-order valence-corrected chi connectivity index (χ3v) is 2.65. The summed E-state index contributed by atoms with van der Waals surface area (Å²) in [5.41, 5.74) is 2.18. The first-order chi connectivity index (χ1) is 7.81. The van der Waals surface area contributed by atoms with Gasteiger partial charge in [0, 0.05) is 0 Å². The van der Waals surface area contributed by atoms with Crippen LogP contribution in [0.25, 0.3) is 5.57 Å². The number of methoxy groups -OCH3 is 1. The highest BCUT2D eigenvalue weighted by Crippen LogP contribution is 2.30. The Hall–Kier alpha value is -1.77. The molecule has 0 radical (unpaired) electrons. The predicted molar refractivity (Wildman–Crippen MR) is 60.9 cm³/mol. The zero-order chi connectivity index (χ0) is 11.4. The van der Waals surface area contributed by atoms with Gasteiger partial charge in [-0.25, -0.2) is 4.79 Å². The van der Waals surface area contributed by atoms with Crippen molar-refractivity contribution in [3.8, 4) is 0 Å². The minimum absolute atomic E-state index is 0.171. The van der Waals surface area contributed by atoms with Crippen LogP contribution in [0.1, 0.15) is 18.4 Å². The maximum Gasteiger partial charge on any atom is 0.508 e. The van der Waals surface area contributed by atoms with Crippen molar-refractivity contribution in [3.63, 3.8) is 0 Å². The van der Waals surface area contributed by atoms with E-state index in [0.717, 1.165) is 24.0 Å². The van der Waals surface area contributed by atoms with Gasteiger partial charge < -0.3 is 9.47 Å². The summed E-state index contributed by atoms with van der Waals surface area (Å²) >= 11 is 0. The molecule has 84 valence electrons. The van der Waals surface area contributed by atoms with Gasteiger partial charge in [0.15, 0.2) is 0 Å². The summed E-state index contributed by atoms with van der Waals surface area (Å²) in [5.74, 6) is 0. The van der Waals surface area contributed by atoms with Crippen LogP contribution >= 0.6 is 0 Å². The Morgan fingerprint density at radius 1 is 1.31 bits per heavy atom. The molecule has 0 N–H and O–H groups in total. The fraction of sp³-hybridized carbons (Fsp3) is 0.308. The number of carbonyl (C=O) groups is 1. The van der Waals surface area contributed by atoms with Gasteiger partial charge in [0.1, 0.15) is 6.10 Å². The fourth-order valence-electron chi connectivity index (χ4n) is 1.90. The number of hydrogen-bond acceptors (Lipinski definition) is 3. The van der Waals surface area contributed by atoms with Gasteiger partial charge in [0.05, 0.1) is 7.11 Å². The SMILES string of the molecule is COC(=O)OC1CCC=C1c1ccccc1. The van der Waals surface area contributed by atoms with Gasteiger partial charge in [-0.3, -0.25) is 0 Å². The zero-order valence-electron chi connectivity index (χ0n) is 9.18. The van der Waals surface area contributed by atoms with Crippen LogP contribution in [0.4, 0.5) is 4.79 Å². The van der Waals surface area contributed by atoms with Gasteiger partial charge >= 0.3 is 6.16 Å². The lowest BCUT2D eigenvalue weighted by Crippen LogP contribution is -2.17. The summed E-state index contributed by atoms with van der Waals surface area (Å²) in [7, 11) is 1.32. The molecule has 0 aliphatic heterocycles. The second-order valence-corrected chi connectivity index (χ2v) is 3.66. The van der Waals surface area contributed by atoms with Crippen LogP contribution in [-0.4, -0.2) is 19.4 Å². The molecule has 0 fully saturated rings. The molecule has 3 heteroatoms. The van der Waals surface area contributed by atoms with Crippen LogP contribution in [0.3, 0.4) is 0 Å². The molecule has 1 aliphatic carbocycles. The van der Waals surface area contributed by atoms with E-state index in [-0.39, 0.29) is 6.10 Å². The average molecular weight is 218 g/mol. The highest BCUT2D eigenvalue weighted by molar-refractivity contribution is 5.73. The van der Waals surface area contributed by atoms with E-state index in [9.17, 15) is 4.79 Å². The first kappa shape index (κ1) is 10.7. The molecule has 1 aromatic rings. The summed E-state index contributed by atoms with van der Waals surface area (Å²) in [4.78, 5) is 11.1. The van der Waals surface area contributed by atoms with Crippen molar-refractivity contribution in [1.82, 2.24) is 0 Å². The Morgan fingerprint density at radius 3 is 2.75 bits per heavy atom. The van der Waals surface area contributed by atoms with Crippen molar-refractivity contribution in [1.29, 1.82) is 0 Å². The second kappa shape index (κ2) is 4.84. The summed E-state index contributed by atoms with van der Waals surface area (Å²) in [5, 5.41) is 0. The zero-order valence-corrected chi connectivity index (χ0v) is 9.18. The third-order valence-electron chi connectivity index (χ3n) is 2.65. The van der Waals surface area contributed by atoms with Gasteiger partial charge in [0.2, 0.25) is 0 Å². The van der Waals surface area contributed by atoms with E-state index >= 15 is 0 Å². The van der Waals surface area contributed by atoms with Crippen LogP contribution < -0.4 is 0 Å². The van der Waals surface area contributed by atoms with E-state index < -0.39 is 6.16 Å². The molecule has 0 saturated carbocycles. The second-order valence-electron chi connectivity index (χ2n) is 3.66. The Balaban J connectivity index is 2.12. The number of hydrogen-bond donors (Lipinski definition) is 0. The molecular weight excluding hydrogens is 204 g/mol. The summed E-state index contributed by atoms with van der Waals surface area (Å²) in [6.07, 6.45) is 3.09. The van der Waals surface area contributed by atoms with Crippen LogP contribution in [0.15, 0.2) is 36.4 Å². The first-order valence-corrected chi connectivity index (χ1v) is 5.31. The van der Waals surface area contributed by atoms with E-state index in [1.54, 1.807) is 0 Å². The Labute approximate surface area is 94.7 Å². The Bertz CT molecular complexity index is 395. The van der Waals surface area contributed by atoms with Gasteiger partial charge in [0.25, 0.3) is 0 Å².